The van der Waals surface area contributed by atoms with Gasteiger partial charge in [0.1, 0.15) is 5.60 Å². The fraction of sp³-hybridized carbons (Fsp3) is 0.684. The minimum atomic E-state index is -0.952. The molecule has 0 aromatic rings. The number of carboxylic acids is 1. The van der Waals surface area contributed by atoms with Crippen LogP contribution in [0.4, 0.5) is 0 Å². The summed E-state index contributed by atoms with van der Waals surface area (Å²) in [6.07, 6.45) is 6.66. The lowest BCUT2D eigenvalue weighted by molar-refractivity contribution is -0.162. The highest BCUT2D eigenvalue weighted by atomic mass is 16.6. The van der Waals surface area contributed by atoms with Crippen molar-refractivity contribution in [2.45, 2.75) is 50.2 Å². The molecule has 5 aliphatic rings. The van der Waals surface area contributed by atoms with E-state index in [1.54, 1.807) is 0 Å². The molecule has 1 aliphatic heterocycles. The van der Waals surface area contributed by atoms with E-state index in [4.69, 9.17) is 4.74 Å². The highest BCUT2D eigenvalue weighted by Crippen LogP contribution is 2.77. The maximum Gasteiger partial charge on any atom is 0.316 e. The Hall–Kier alpha value is -1.62. The van der Waals surface area contributed by atoms with Gasteiger partial charge in [-0.25, -0.2) is 0 Å². The number of carbonyl (C=O) groups is 2. The van der Waals surface area contributed by atoms with Crippen LogP contribution in [0.5, 0.6) is 0 Å². The molecule has 0 amide bonds. The Labute approximate surface area is 140 Å². The summed E-state index contributed by atoms with van der Waals surface area (Å²) < 4.78 is 5.99. The molecule has 5 rings (SSSR count). The van der Waals surface area contributed by atoms with Gasteiger partial charge in [0.15, 0.2) is 0 Å². The molecule has 2 N–H and O–H groups in total. The lowest BCUT2D eigenvalue weighted by Gasteiger charge is -2.45. The summed E-state index contributed by atoms with van der Waals surface area (Å²) in [6, 6.07) is 0. The Bertz CT molecular complexity index is 740. The van der Waals surface area contributed by atoms with E-state index in [1.165, 1.54) is 0 Å². The van der Waals surface area contributed by atoms with E-state index >= 15 is 0 Å². The molecular weight excluding hydrogens is 308 g/mol. The van der Waals surface area contributed by atoms with E-state index in [0.717, 1.165) is 5.57 Å². The molecule has 7 atom stereocenters. The second-order valence-electron chi connectivity index (χ2n) is 8.84. The van der Waals surface area contributed by atoms with Crippen molar-refractivity contribution in [3.05, 3.63) is 24.3 Å². The highest BCUT2D eigenvalue weighted by molar-refractivity contribution is 5.86. The molecule has 128 valence electrons. The summed E-state index contributed by atoms with van der Waals surface area (Å²) in [4.78, 5) is 25.0. The second kappa shape index (κ2) is 3.79. The van der Waals surface area contributed by atoms with Crippen molar-refractivity contribution in [3.8, 4) is 0 Å². The zero-order valence-corrected chi connectivity index (χ0v) is 13.7. The van der Waals surface area contributed by atoms with Gasteiger partial charge < -0.3 is 14.9 Å². The van der Waals surface area contributed by atoms with Gasteiger partial charge in [-0.1, -0.05) is 18.7 Å². The molecule has 1 saturated heterocycles. The number of aliphatic carboxylic acids is 1. The number of fused-ring (bicyclic) bond motifs is 1. The molecule has 4 bridgehead atoms. The fourth-order valence-corrected chi connectivity index (χ4v) is 7.23. The number of carbonyl (C=O) groups excluding carboxylic acids is 1. The van der Waals surface area contributed by atoms with Gasteiger partial charge in [0.2, 0.25) is 0 Å². The van der Waals surface area contributed by atoms with Gasteiger partial charge in [-0.3, -0.25) is 9.59 Å². The molecule has 0 radical (unpaired) electrons. The summed E-state index contributed by atoms with van der Waals surface area (Å²) in [7, 11) is 0. The molecule has 0 aromatic carbocycles. The summed E-state index contributed by atoms with van der Waals surface area (Å²) in [5, 5.41) is 21.1. The molecule has 5 nitrogen and oxygen atoms in total. The zero-order chi connectivity index (χ0) is 17.1. The summed E-state index contributed by atoms with van der Waals surface area (Å²) >= 11 is 0. The monoisotopic (exact) mass is 330 g/mol. The predicted molar refractivity (Wildman–Crippen MR) is 83.8 cm³/mol. The summed E-state index contributed by atoms with van der Waals surface area (Å²) in [6.45, 7) is 5.88. The SMILES string of the molecule is C=C1C[C@]23C[C@@]1(O)CCC2[C@@]12CC=C[C@](C)(C(=O)O1)C2[C@@H]3C(=O)O. The Balaban J connectivity index is 1.77. The third-order valence-corrected chi connectivity index (χ3v) is 7.97. The maximum absolute atomic E-state index is 12.6. The molecular formula is C19H22O5. The molecule has 1 spiro atoms. The number of hydrogen-bond donors (Lipinski definition) is 2. The van der Waals surface area contributed by atoms with Crippen molar-refractivity contribution >= 4 is 11.9 Å². The van der Waals surface area contributed by atoms with Crippen LogP contribution in [0.3, 0.4) is 0 Å². The average molecular weight is 330 g/mol. The average Bonchev–Trinajstić information content (AvgIpc) is 2.88. The third kappa shape index (κ3) is 1.25. The molecule has 5 heteroatoms. The first-order chi connectivity index (χ1) is 11.2. The standard InChI is InChI=1S/C19H22O5/c1-10-8-17-9-18(10,23)7-4-11(17)19-6-3-5-16(2,15(22)24-19)13(19)12(17)14(20)21/h3,5,11-13,23H,1,4,6-9H2,2H3,(H,20,21)/t11?,12-,13?,16+,17+,18+,19-/m1/s1. The van der Waals surface area contributed by atoms with E-state index in [2.05, 4.69) is 6.58 Å². The van der Waals surface area contributed by atoms with E-state index < -0.39 is 33.9 Å². The van der Waals surface area contributed by atoms with E-state index in [-0.39, 0.29) is 17.8 Å². The fourth-order valence-electron chi connectivity index (χ4n) is 7.23. The molecule has 4 fully saturated rings. The Morgan fingerprint density at radius 3 is 2.92 bits per heavy atom. The van der Waals surface area contributed by atoms with Gasteiger partial charge in [-0.2, -0.15) is 0 Å². The quantitative estimate of drug-likeness (QED) is 0.568. The van der Waals surface area contributed by atoms with Crippen molar-refractivity contribution in [2.24, 2.45) is 28.6 Å². The van der Waals surface area contributed by atoms with E-state index in [1.807, 2.05) is 19.1 Å². The number of aliphatic hydroxyl groups is 1. The maximum atomic E-state index is 12.6. The normalized spacial score (nSPS) is 56.8. The first kappa shape index (κ1) is 14.7. The molecule has 3 saturated carbocycles. The van der Waals surface area contributed by atoms with Crippen molar-refractivity contribution in [3.63, 3.8) is 0 Å². The van der Waals surface area contributed by atoms with Crippen LogP contribution in [-0.2, 0) is 14.3 Å². The third-order valence-electron chi connectivity index (χ3n) is 7.97. The van der Waals surface area contributed by atoms with Crippen molar-refractivity contribution in [2.75, 3.05) is 0 Å². The van der Waals surface area contributed by atoms with Crippen LogP contribution >= 0.6 is 0 Å². The van der Waals surface area contributed by atoms with Crippen LogP contribution in [0, 0.1) is 28.6 Å². The number of carboxylic acid groups (broad SMARTS) is 1. The molecule has 2 unspecified atom stereocenters. The lowest BCUT2D eigenvalue weighted by Crippen LogP contribution is -2.47. The molecule has 24 heavy (non-hydrogen) atoms. The predicted octanol–water partition coefficient (Wildman–Crippen LogP) is 2.06. The van der Waals surface area contributed by atoms with Crippen LogP contribution in [0.2, 0.25) is 0 Å². The second-order valence-corrected chi connectivity index (χ2v) is 8.84. The van der Waals surface area contributed by atoms with Crippen LogP contribution in [0.25, 0.3) is 0 Å². The van der Waals surface area contributed by atoms with Gasteiger partial charge in [-0.05, 0) is 43.6 Å². The highest BCUT2D eigenvalue weighted by Gasteiger charge is 2.82. The molecule has 1 heterocycles. The molecule has 4 aliphatic carbocycles. The van der Waals surface area contributed by atoms with Gasteiger partial charge >= 0.3 is 11.9 Å². The first-order valence-corrected chi connectivity index (χ1v) is 8.74. The van der Waals surface area contributed by atoms with Gasteiger partial charge in [-0.15, -0.1) is 0 Å². The van der Waals surface area contributed by atoms with Gasteiger partial charge in [0, 0.05) is 18.3 Å². The minimum Gasteiger partial charge on any atom is -0.481 e. The van der Waals surface area contributed by atoms with Crippen molar-refractivity contribution in [1.29, 1.82) is 0 Å². The van der Waals surface area contributed by atoms with E-state index in [0.29, 0.717) is 32.1 Å². The van der Waals surface area contributed by atoms with Crippen molar-refractivity contribution in [1.82, 2.24) is 0 Å². The van der Waals surface area contributed by atoms with Gasteiger partial charge in [0.05, 0.1) is 16.9 Å². The minimum absolute atomic E-state index is 0.0219. The van der Waals surface area contributed by atoms with Crippen LogP contribution < -0.4 is 0 Å². The number of hydrogen-bond acceptors (Lipinski definition) is 4. The lowest BCUT2D eigenvalue weighted by atomic mass is 9.62. The number of rotatable bonds is 1. The summed E-state index contributed by atoms with van der Waals surface area (Å²) in [5.74, 6) is -2.23. The first-order valence-electron chi connectivity index (χ1n) is 8.74. The smallest absolute Gasteiger partial charge is 0.316 e. The molecule has 0 aromatic heterocycles. The van der Waals surface area contributed by atoms with Crippen LogP contribution in [0.15, 0.2) is 24.3 Å². The Morgan fingerprint density at radius 1 is 1.46 bits per heavy atom. The Kier molecular flexibility index (Phi) is 2.32. The number of esters is 1. The summed E-state index contributed by atoms with van der Waals surface area (Å²) in [5.41, 5.74) is -2.35. The van der Waals surface area contributed by atoms with E-state index in [9.17, 15) is 19.8 Å². The van der Waals surface area contributed by atoms with Crippen molar-refractivity contribution < 1.29 is 24.5 Å². The van der Waals surface area contributed by atoms with Crippen LogP contribution in [-0.4, -0.2) is 33.4 Å². The Morgan fingerprint density at radius 2 is 2.21 bits per heavy atom. The zero-order valence-electron chi connectivity index (χ0n) is 13.7. The van der Waals surface area contributed by atoms with Gasteiger partial charge in [0.25, 0.3) is 0 Å². The number of ether oxygens (including phenoxy) is 1. The van der Waals surface area contributed by atoms with Crippen LogP contribution in [0.1, 0.15) is 39.0 Å². The topological polar surface area (TPSA) is 83.8 Å². The largest absolute Gasteiger partial charge is 0.481 e.